The van der Waals surface area contributed by atoms with Gasteiger partial charge in [0.1, 0.15) is 16.4 Å². The van der Waals surface area contributed by atoms with E-state index in [0.717, 1.165) is 0 Å². The van der Waals surface area contributed by atoms with E-state index in [2.05, 4.69) is 20.7 Å². The summed E-state index contributed by atoms with van der Waals surface area (Å²) >= 11 is 8.95. The number of hydrogen-bond acceptors (Lipinski definition) is 5. The Hall–Kier alpha value is -1.22. The van der Waals surface area contributed by atoms with Crippen LogP contribution in [0.2, 0.25) is 5.02 Å². The van der Waals surface area contributed by atoms with E-state index >= 15 is 0 Å². The first-order valence-corrected chi connectivity index (χ1v) is 8.37. The Morgan fingerprint density at radius 1 is 1.43 bits per heavy atom. The van der Waals surface area contributed by atoms with Crippen molar-refractivity contribution in [1.82, 2.24) is 0 Å². The number of nitrogens with two attached hydrogens (primary N) is 1. The molecular formula is C12H12BrClN2O4S. The number of ether oxygens (including phenoxy) is 1. The van der Waals surface area contributed by atoms with Gasteiger partial charge in [-0.2, -0.15) is 0 Å². The summed E-state index contributed by atoms with van der Waals surface area (Å²) in [5, 5.41) is 0.385. The summed E-state index contributed by atoms with van der Waals surface area (Å²) in [6, 6.07) is 5.91. The number of rotatable bonds is 5. The molecule has 0 saturated heterocycles. The molecule has 114 valence electrons. The van der Waals surface area contributed by atoms with Gasteiger partial charge in [-0.05, 0) is 28.1 Å². The van der Waals surface area contributed by atoms with Gasteiger partial charge in [0.15, 0.2) is 4.67 Å². The fraction of sp³-hybridized carbons (Fsp3) is 0.167. The zero-order chi connectivity index (χ0) is 15.6. The topological polar surface area (TPSA) is 94.6 Å². The lowest BCUT2D eigenvalue weighted by Gasteiger charge is -2.09. The molecule has 0 radical (unpaired) electrons. The average Bonchev–Trinajstić information content (AvgIpc) is 2.83. The van der Waals surface area contributed by atoms with Crippen LogP contribution in [0.4, 0.5) is 5.69 Å². The van der Waals surface area contributed by atoms with Gasteiger partial charge in [-0.25, -0.2) is 8.42 Å². The first-order valence-electron chi connectivity index (χ1n) is 5.72. The van der Waals surface area contributed by atoms with Gasteiger partial charge in [0.25, 0.3) is 10.0 Å². The van der Waals surface area contributed by atoms with E-state index in [0.29, 0.717) is 22.2 Å². The van der Waals surface area contributed by atoms with E-state index in [4.69, 9.17) is 26.5 Å². The minimum absolute atomic E-state index is 0.0307. The second-order valence-corrected chi connectivity index (χ2v) is 6.79. The molecule has 1 heterocycles. The van der Waals surface area contributed by atoms with Gasteiger partial charge in [0.2, 0.25) is 0 Å². The maximum atomic E-state index is 12.3. The van der Waals surface area contributed by atoms with E-state index in [9.17, 15) is 8.42 Å². The number of methoxy groups -OCH3 is 1. The Kier molecular flexibility index (Phi) is 4.82. The molecule has 0 aliphatic rings. The maximum Gasteiger partial charge on any atom is 0.266 e. The van der Waals surface area contributed by atoms with Crippen molar-refractivity contribution in [1.29, 1.82) is 0 Å². The SMILES string of the molecule is COc1cc(NS(=O)(=O)c2cc(CN)oc2Br)ccc1Cl. The number of hydrogen-bond donors (Lipinski definition) is 2. The van der Waals surface area contributed by atoms with Crippen molar-refractivity contribution < 1.29 is 17.6 Å². The van der Waals surface area contributed by atoms with Crippen molar-refractivity contribution in [3.8, 4) is 5.75 Å². The van der Waals surface area contributed by atoms with Crippen LogP contribution in [0.25, 0.3) is 0 Å². The Morgan fingerprint density at radius 3 is 2.71 bits per heavy atom. The van der Waals surface area contributed by atoms with Crippen LogP contribution < -0.4 is 15.2 Å². The number of halogens is 2. The summed E-state index contributed by atoms with van der Waals surface area (Å²) in [6.07, 6.45) is 0. The number of sulfonamides is 1. The summed E-state index contributed by atoms with van der Waals surface area (Å²) in [5.74, 6) is 0.724. The average molecular weight is 396 g/mol. The Labute approximate surface area is 135 Å². The highest BCUT2D eigenvalue weighted by atomic mass is 79.9. The van der Waals surface area contributed by atoms with Crippen LogP contribution in [0, 0.1) is 0 Å². The number of anilines is 1. The summed E-state index contributed by atoms with van der Waals surface area (Å²) in [4.78, 5) is -0.0307. The van der Waals surface area contributed by atoms with Gasteiger partial charge < -0.3 is 14.9 Å². The van der Waals surface area contributed by atoms with E-state index in [1.807, 2.05) is 0 Å². The van der Waals surface area contributed by atoms with Crippen molar-refractivity contribution in [2.75, 3.05) is 11.8 Å². The molecule has 2 rings (SSSR count). The molecule has 6 nitrogen and oxygen atoms in total. The maximum absolute atomic E-state index is 12.3. The predicted octanol–water partition coefficient (Wildman–Crippen LogP) is 2.96. The minimum atomic E-state index is -3.82. The lowest BCUT2D eigenvalue weighted by atomic mass is 10.3. The predicted molar refractivity (Wildman–Crippen MR) is 83.1 cm³/mol. The molecule has 0 fully saturated rings. The van der Waals surface area contributed by atoms with Crippen LogP contribution in [0.15, 0.2) is 38.2 Å². The zero-order valence-corrected chi connectivity index (χ0v) is 14.0. The first-order chi connectivity index (χ1) is 9.87. The molecule has 0 unspecified atom stereocenters. The monoisotopic (exact) mass is 394 g/mol. The zero-order valence-electron chi connectivity index (χ0n) is 10.9. The summed E-state index contributed by atoms with van der Waals surface area (Å²) < 4.78 is 37.4. The van der Waals surface area contributed by atoms with E-state index < -0.39 is 10.0 Å². The molecule has 0 atom stereocenters. The highest BCUT2D eigenvalue weighted by Gasteiger charge is 2.22. The molecule has 1 aromatic heterocycles. The number of benzene rings is 1. The third-order valence-corrected chi connectivity index (χ3v) is 5.15. The molecule has 0 aliphatic carbocycles. The van der Waals surface area contributed by atoms with E-state index in [1.165, 1.54) is 31.4 Å². The number of furan rings is 1. The molecule has 3 N–H and O–H groups in total. The van der Waals surface area contributed by atoms with Crippen LogP contribution in [-0.4, -0.2) is 15.5 Å². The van der Waals surface area contributed by atoms with Crippen LogP contribution in [0.5, 0.6) is 5.75 Å². The van der Waals surface area contributed by atoms with Crippen LogP contribution in [-0.2, 0) is 16.6 Å². The lowest BCUT2D eigenvalue weighted by Crippen LogP contribution is -2.12. The molecule has 0 saturated carbocycles. The summed E-state index contributed by atoms with van der Waals surface area (Å²) in [5.41, 5.74) is 5.74. The Bertz CT molecular complexity index is 761. The van der Waals surface area contributed by atoms with Crippen molar-refractivity contribution >= 4 is 43.2 Å². The lowest BCUT2D eigenvalue weighted by molar-refractivity contribution is 0.415. The molecule has 21 heavy (non-hydrogen) atoms. The second-order valence-electron chi connectivity index (χ2n) is 4.01. The largest absolute Gasteiger partial charge is 0.495 e. The first kappa shape index (κ1) is 16.2. The van der Waals surface area contributed by atoms with E-state index in [1.54, 1.807) is 0 Å². The molecule has 0 spiro atoms. The smallest absolute Gasteiger partial charge is 0.266 e. The van der Waals surface area contributed by atoms with Gasteiger partial charge in [-0.3, -0.25) is 4.72 Å². The molecule has 0 bridgehead atoms. The third-order valence-electron chi connectivity index (χ3n) is 2.60. The van der Waals surface area contributed by atoms with Gasteiger partial charge >= 0.3 is 0 Å². The van der Waals surface area contributed by atoms with Crippen LogP contribution in [0.3, 0.4) is 0 Å². The second kappa shape index (κ2) is 6.27. The normalized spacial score (nSPS) is 11.4. The minimum Gasteiger partial charge on any atom is -0.495 e. The quantitative estimate of drug-likeness (QED) is 0.811. The molecule has 9 heteroatoms. The third kappa shape index (κ3) is 3.52. The van der Waals surface area contributed by atoms with Gasteiger partial charge in [0.05, 0.1) is 24.4 Å². The van der Waals surface area contributed by atoms with Crippen LogP contribution in [0.1, 0.15) is 5.76 Å². The molecule has 1 aromatic carbocycles. The molecular weight excluding hydrogens is 384 g/mol. The van der Waals surface area contributed by atoms with Crippen molar-refractivity contribution in [3.63, 3.8) is 0 Å². The van der Waals surface area contributed by atoms with Crippen molar-refractivity contribution in [2.45, 2.75) is 11.4 Å². The fourth-order valence-electron chi connectivity index (χ4n) is 1.62. The van der Waals surface area contributed by atoms with Gasteiger partial charge in [-0.1, -0.05) is 11.6 Å². The van der Waals surface area contributed by atoms with E-state index in [-0.39, 0.29) is 16.1 Å². The Balaban J connectivity index is 2.35. The van der Waals surface area contributed by atoms with Crippen molar-refractivity contribution in [2.24, 2.45) is 5.73 Å². The molecule has 0 amide bonds. The van der Waals surface area contributed by atoms with Crippen LogP contribution >= 0.6 is 27.5 Å². The molecule has 0 aliphatic heterocycles. The summed E-state index contributed by atoms with van der Waals surface area (Å²) in [7, 11) is -2.37. The number of nitrogens with one attached hydrogen (secondary N) is 1. The van der Waals surface area contributed by atoms with Gasteiger partial charge in [-0.15, -0.1) is 0 Å². The van der Waals surface area contributed by atoms with Gasteiger partial charge in [0, 0.05) is 12.1 Å². The highest BCUT2D eigenvalue weighted by molar-refractivity contribution is 9.10. The standard InChI is InChI=1S/C12H12BrClN2O4S/c1-19-10-4-7(2-3-9(10)14)16-21(17,18)11-5-8(6-15)20-12(11)13/h2-5,16H,6,15H2,1H3. The molecule has 2 aromatic rings. The highest BCUT2D eigenvalue weighted by Crippen LogP contribution is 2.31. The van der Waals surface area contributed by atoms with Crippen molar-refractivity contribution in [3.05, 3.63) is 39.7 Å². The Morgan fingerprint density at radius 2 is 2.14 bits per heavy atom. The summed E-state index contributed by atoms with van der Waals surface area (Å²) in [6.45, 7) is 0.100. The fourth-order valence-corrected chi connectivity index (χ4v) is 3.86.